The average molecular weight is 344 g/mol. The minimum atomic E-state index is -0.453. The molecule has 3 aromatic rings. The standard InChI is InChI=1S/C15H10BrN3O2/c16-11-8-14(19(20)21)15(17-9-11)18-13-7-3-5-10-4-1-2-6-12(10)13/h1-9H,(H,17,18). The fraction of sp³-hybridized carbons (Fsp3) is 0. The van der Waals surface area contributed by atoms with Crippen LogP contribution in [0.5, 0.6) is 0 Å². The highest BCUT2D eigenvalue weighted by atomic mass is 79.9. The van der Waals surface area contributed by atoms with Gasteiger partial charge >= 0.3 is 5.69 Å². The highest BCUT2D eigenvalue weighted by Gasteiger charge is 2.16. The molecule has 3 rings (SSSR count). The maximum atomic E-state index is 11.1. The highest BCUT2D eigenvalue weighted by Crippen LogP contribution is 2.31. The van der Waals surface area contributed by atoms with Crippen LogP contribution in [0.3, 0.4) is 0 Å². The summed E-state index contributed by atoms with van der Waals surface area (Å²) in [6.45, 7) is 0. The number of anilines is 2. The normalized spacial score (nSPS) is 10.5. The molecule has 0 saturated heterocycles. The lowest BCUT2D eigenvalue weighted by Crippen LogP contribution is -2.00. The van der Waals surface area contributed by atoms with Gasteiger partial charge in [0.15, 0.2) is 0 Å². The van der Waals surface area contributed by atoms with Crippen molar-refractivity contribution in [1.29, 1.82) is 0 Å². The van der Waals surface area contributed by atoms with Gasteiger partial charge in [-0.2, -0.15) is 0 Å². The molecule has 0 bridgehead atoms. The molecule has 2 aromatic carbocycles. The highest BCUT2D eigenvalue weighted by molar-refractivity contribution is 9.10. The Morgan fingerprint density at radius 3 is 2.71 bits per heavy atom. The number of nitrogens with zero attached hydrogens (tertiary/aromatic N) is 2. The first-order valence-electron chi connectivity index (χ1n) is 6.20. The van der Waals surface area contributed by atoms with Gasteiger partial charge in [-0.1, -0.05) is 36.4 Å². The molecule has 0 radical (unpaired) electrons. The molecule has 0 aliphatic rings. The number of fused-ring (bicyclic) bond motifs is 1. The van der Waals surface area contributed by atoms with Gasteiger partial charge in [0.1, 0.15) is 0 Å². The second-order valence-corrected chi connectivity index (χ2v) is 5.35. The third-order valence-corrected chi connectivity index (χ3v) is 3.51. The molecular weight excluding hydrogens is 334 g/mol. The van der Waals surface area contributed by atoms with Gasteiger partial charge in [-0.15, -0.1) is 0 Å². The summed E-state index contributed by atoms with van der Waals surface area (Å²) < 4.78 is 0.567. The quantitative estimate of drug-likeness (QED) is 0.555. The number of nitrogens with one attached hydrogen (secondary N) is 1. The largest absolute Gasteiger partial charge is 0.334 e. The minimum Gasteiger partial charge on any atom is -0.334 e. The summed E-state index contributed by atoms with van der Waals surface area (Å²) in [5, 5.41) is 16.2. The molecule has 0 aliphatic heterocycles. The van der Waals surface area contributed by atoms with Gasteiger partial charge in [0.2, 0.25) is 5.82 Å². The topological polar surface area (TPSA) is 68.1 Å². The Hall–Kier alpha value is -2.47. The average Bonchev–Trinajstić information content (AvgIpc) is 2.49. The minimum absolute atomic E-state index is 0.0719. The zero-order chi connectivity index (χ0) is 14.8. The van der Waals surface area contributed by atoms with E-state index in [1.54, 1.807) is 0 Å². The van der Waals surface area contributed by atoms with Crippen molar-refractivity contribution < 1.29 is 4.92 Å². The van der Waals surface area contributed by atoms with Gasteiger partial charge in [0.25, 0.3) is 0 Å². The van der Waals surface area contributed by atoms with Gasteiger partial charge in [-0.3, -0.25) is 10.1 Å². The predicted octanol–water partition coefficient (Wildman–Crippen LogP) is 4.65. The van der Waals surface area contributed by atoms with Crippen LogP contribution in [0.25, 0.3) is 10.8 Å². The Morgan fingerprint density at radius 2 is 1.90 bits per heavy atom. The third kappa shape index (κ3) is 2.71. The molecule has 0 amide bonds. The number of halogens is 1. The number of aromatic nitrogens is 1. The second kappa shape index (κ2) is 5.49. The van der Waals surface area contributed by atoms with E-state index >= 15 is 0 Å². The second-order valence-electron chi connectivity index (χ2n) is 4.43. The Kier molecular flexibility index (Phi) is 3.53. The Labute approximate surface area is 128 Å². The summed E-state index contributed by atoms with van der Waals surface area (Å²) in [6, 6.07) is 15.0. The van der Waals surface area contributed by atoms with Crippen molar-refractivity contribution in [2.45, 2.75) is 0 Å². The van der Waals surface area contributed by atoms with Crippen molar-refractivity contribution >= 4 is 43.9 Å². The van der Waals surface area contributed by atoms with Gasteiger partial charge < -0.3 is 5.32 Å². The fourth-order valence-electron chi connectivity index (χ4n) is 2.13. The van der Waals surface area contributed by atoms with Crippen LogP contribution in [0, 0.1) is 10.1 Å². The summed E-state index contributed by atoms with van der Waals surface area (Å²) in [4.78, 5) is 14.8. The van der Waals surface area contributed by atoms with Crippen molar-refractivity contribution in [2.24, 2.45) is 0 Å². The maximum absolute atomic E-state index is 11.1. The van der Waals surface area contributed by atoms with Crippen LogP contribution in [0.2, 0.25) is 0 Å². The molecule has 1 aromatic heterocycles. The van der Waals surface area contributed by atoms with Gasteiger partial charge in [0.05, 0.1) is 4.92 Å². The molecule has 0 fully saturated rings. The first kappa shape index (κ1) is 13.5. The van der Waals surface area contributed by atoms with E-state index in [1.165, 1.54) is 12.3 Å². The molecule has 104 valence electrons. The van der Waals surface area contributed by atoms with Gasteiger partial charge in [0, 0.05) is 27.8 Å². The van der Waals surface area contributed by atoms with Crippen molar-refractivity contribution in [2.75, 3.05) is 5.32 Å². The number of nitro groups is 1. The number of hydrogen-bond acceptors (Lipinski definition) is 4. The molecule has 5 nitrogen and oxygen atoms in total. The van der Waals surface area contributed by atoms with E-state index in [2.05, 4.69) is 26.2 Å². The Morgan fingerprint density at radius 1 is 1.14 bits per heavy atom. The molecule has 1 heterocycles. The van der Waals surface area contributed by atoms with Gasteiger partial charge in [-0.05, 0) is 27.4 Å². The lowest BCUT2D eigenvalue weighted by atomic mass is 10.1. The number of benzene rings is 2. The van der Waals surface area contributed by atoms with Crippen LogP contribution < -0.4 is 5.32 Å². The maximum Gasteiger partial charge on any atom is 0.312 e. The van der Waals surface area contributed by atoms with Crippen molar-refractivity contribution in [3.8, 4) is 0 Å². The van der Waals surface area contributed by atoms with E-state index in [0.717, 1.165) is 16.5 Å². The van der Waals surface area contributed by atoms with Crippen molar-refractivity contribution in [3.05, 3.63) is 69.3 Å². The van der Waals surface area contributed by atoms with E-state index < -0.39 is 4.92 Å². The van der Waals surface area contributed by atoms with Crippen LogP contribution in [-0.4, -0.2) is 9.91 Å². The molecule has 0 atom stereocenters. The SMILES string of the molecule is O=[N+]([O-])c1cc(Br)cnc1Nc1cccc2ccccc12. The zero-order valence-electron chi connectivity index (χ0n) is 10.8. The molecule has 0 aliphatic carbocycles. The van der Waals surface area contributed by atoms with Crippen LogP contribution in [0.4, 0.5) is 17.2 Å². The molecular formula is C15H10BrN3O2. The summed E-state index contributed by atoms with van der Waals surface area (Å²) >= 11 is 3.20. The van der Waals surface area contributed by atoms with Crippen molar-refractivity contribution in [1.82, 2.24) is 4.98 Å². The molecule has 21 heavy (non-hydrogen) atoms. The first-order valence-corrected chi connectivity index (χ1v) is 6.99. The number of rotatable bonds is 3. The summed E-state index contributed by atoms with van der Waals surface area (Å²) in [7, 11) is 0. The van der Waals surface area contributed by atoms with Crippen molar-refractivity contribution in [3.63, 3.8) is 0 Å². The van der Waals surface area contributed by atoms with E-state index in [9.17, 15) is 10.1 Å². The number of pyridine rings is 1. The van der Waals surface area contributed by atoms with Crippen LogP contribution in [0.1, 0.15) is 0 Å². The smallest absolute Gasteiger partial charge is 0.312 e. The van der Waals surface area contributed by atoms with E-state index in [-0.39, 0.29) is 11.5 Å². The third-order valence-electron chi connectivity index (χ3n) is 3.07. The molecule has 0 spiro atoms. The lowest BCUT2D eigenvalue weighted by Gasteiger charge is -2.09. The number of hydrogen-bond donors (Lipinski definition) is 1. The Balaban J connectivity index is 2.09. The molecule has 6 heteroatoms. The summed E-state index contributed by atoms with van der Waals surface area (Å²) in [6.07, 6.45) is 1.53. The molecule has 1 N–H and O–H groups in total. The van der Waals surface area contributed by atoms with Gasteiger partial charge in [-0.25, -0.2) is 4.98 Å². The monoisotopic (exact) mass is 343 g/mol. The fourth-order valence-corrected chi connectivity index (χ4v) is 2.45. The molecule has 0 unspecified atom stereocenters. The predicted molar refractivity (Wildman–Crippen MR) is 85.8 cm³/mol. The molecule has 0 saturated carbocycles. The van der Waals surface area contributed by atoms with E-state index in [4.69, 9.17) is 0 Å². The summed E-state index contributed by atoms with van der Waals surface area (Å²) in [5.74, 6) is 0.222. The van der Waals surface area contributed by atoms with E-state index in [0.29, 0.717) is 4.47 Å². The van der Waals surface area contributed by atoms with E-state index in [1.807, 2.05) is 42.5 Å². The van der Waals surface area contributed by atoms with Crippen LogP contribution in [0.15, 0.2) is 59.2 Å². The zero-order valence-corrected chi connectivity index (χ0v) is 12.4. The first-order chi connectivity index (χ1) is 10.1. The summed E-state index contributed by atoms with van der Waals surface area (Å²) in [5.41, 5.74) is 0.711. The van der Waals surface area contributed by atoms with Crippen LogP contribution in [-0.2, 0) is 0 Å². The lowest BCUT2D eigenvalue weighted by molar-refractivity contribution is -0.384. The van der Waals surface area contributed by atoms with Crippen LogP contribution >= 0.6 is 15.9 Å². The Bertz CT molecular complexity index is 831.